The molecule has 5 nitrogen and oxygen atoms in total. The first kappa shape index (κ1) is 13.1. The summed E-state index contributed by atoms with van der Waals surface area (Å²) >= 11 is 0. The molecule has 2 amide bonds. The molecule has 2 saturated heterocycles. The molecule has 2 aliphatic rings. The van der Waals surface area contributed by atoms with E-state index in [1.807, 2.05) is 30.3 Å². The van der Waals surface area contributed by atoms with E-state index in [0.717, 1.165) is 31.5 Å². The Morgan fingerprint density at radius 2 is 2.10 bits per heavy atom. The molecule has 20 heavy (non-hydrogen) atoms. The number of carbonyl (C=O) groups is 2. The lowest BCUT2D eigenvalue weighted by atomic mass is 10.0. The van der Waals surface area contributed by atoms with E-state index in [1.165, 1.54) is 4.90 Å². The van der Waals surface area contributed by atoms with Crippen LogP contribution in [0.3, 0.4) is 0 Å². The number of hydrogen-bond acceptors (Lipinski definition) is 4. The minimum Gasteiger partial charge on any atom is -0.444 e. The Kier molecular flexibility index (Phi) is 3.69. The van der Waals surface area contributed by atoms with Crippen molar-refractivity contribution in [2.45, 2.75) is 25.5 Å². The molecule has 5 heteroatoms. The fourth-order valence-corrected chi connectivity index (χ4v) is 2.90. The molecule has 106 valence electrons. The molecular weight excluding hydrogens is 256 g/mol. The molecule has 2 unspecified atom stereocenters. The van der Waals surface area contributed by atoms with Crippen LogP contribution in [-0.4, -0.2) is 47.5 Å². The monoisotopic (exact) mass is 274 g/mol. The van der Waals surface area contributed by atoms with Crippen molar-refractivity contribution in [2.75, 3.05) is 19.6 Å². The zero-order valence-electron chi connectivity index (χ0n) is 11.3. The number of rotatable bonds is 2. The number of nitrogens with zero attached hydrogens (tertiary/aromatic N) is 2. The van der Waals surface area contributed by atoms with E-state index in [1.54, 1.807) is 0 Å². The number of piperidine rings is 1. The summed E-state index contributed by atoms with van der Waals surface area (Å²) in [5, 5.41) is 0. The summed E-state index contributed by atoms with van der Waals surface area (Å²) in [6.07, 6.45) is 1.40. The molecule has 0 radical (unpaired) electrons. The molecule has 0 aliphatic carbocycles. The Labute approximate surface area is 118 Å². The predicted molar refractivity (Wildman–Crippen MR) is 72.9 cm³/mol. The van der Waals surface area contributed by atoms with Crippen LogP contribution in [0.1, 0.15) is 18.4 Å². The number of amides is 2. The second kappa shape index (κ2) is 5.63. The van der Waals surface area contributed by atoms with Crippen LogP contribution < -0.4 is 0 Å². The van der Waals surface area contributed by atoms with Crippen LogP contribution in [0.15, 0.2) is 30.3 Å². The Morgan fingerprint density at radius 1 is 1.30 bits per heavy atom. The first-order valence-electron chi connectivity index (χ1n) is 6.99. The second-order valence-electron chi connectivity index (χ2n) is 5.34. The van der Waals surface area contributed by atoms with Crippen LogP contribution in [0.5, 0.6) is 0 Å². The maximum Gasteiger partial charge on any atom is 0.417 e. The second-order valence-corrected chi connectivity index (χ2v) is 5.34. The van der Waals surface area contributed by atoms with Crippen molar-refractivity contribution in [3.63, 3.8) is 0 Å². The number of piperazine rings is 1. The number of imide groups is 1. The van der Waals surface area contributed by atoms with Crippen LogP contribution >= 0.6 is 0 Å². The van der Waals surface area contributed by atoms with Gasteiger partial charge in [-0.1, -0.05) is 30.3 Å². The molecule has 1 aromatic rings. The molecule has 1 aromatic carbocycles. The van der Waals surface area contributed by atoms with Gasteiger partial charge in [0.25, 0.3) is 0 Å². The SMILES string of the molecule is O=C1CN2CCCC(C2)N1C(=O)OCc1ccccc1. The van der Waals surface area contributed by atoms with Crippen LogP contribution in [0.2, 0.25) is 0 Å². The lowest BCUT2D eigenvalue weighted by molar-refractivity contribution is -0.139. The van der Waals surface area contributed by atoms with Crippen LogP contribution in [0, 0.1) is 0 Å². The van der Waals surface area contributed by atoms with Gasteiger partial charge in [-0.25, -0.2) is 9.69 Å². The van der Waals surface area contributed by atoms with Gasteiger partial charge in [-0.3, -0.25) is 9.69 Å². The highest BCUT2D eigenvalue weighted by Crippen LogP contribution is 2.22. The number of carbonyl (C=O) groups excluding carboxylic acids is 2. The topological polar surface area (TPSA) is 49.9 Å². The van der Waals surface area contributed by atoms with E-state index in [-0.39, 0.29) is 18.6 Å². The Morgan fingerprint density at radius 3 is 2.90 bits per heavy atom. The van der Waals surface area contributed by atoms with Crippen LogP contribution in [-0.2, 0) is 16.1 Å². The maximum absolute atomic E-state index is 12.1. The fraction of sp³-hybridized carbons (Fsp3) is 0.467. The zero-order chi connectivity index (χ0) is 13.9. The standard InChI is InChI=1S/C15H18N2O3/c18-14-10-16-8-4-7-13(9-16)17(14)15(19)20-11-12-5-2-1-3-6-12/h1-3,5-6,13H,4,7-11H2. The number of benzene rings is 1. The van der Waals surface area contributed by atoms with Gasteiger partial charge < -0.3 is 4.74 Å². The van der Waals surface area contributed by atoms with E-state index in [2.05, 4.69) is 4.90 Å². The van der Waals surface area contributed by atoms with Crippen molar-refractivity contribution in [1.82, 2.24) is 9.80 Å². The number of hydrogen-bond donors (Lipinski definition) is 0. The summed E-state index contributed by atoms with van der Waals surface area (Å²) in [6.45, 7) is 2.28. The molecule has 2 heterocycles. The van der Waals surface area contributed by atoms with E-state index in [0.29, 0.717) is 6.54 Å². The van der Waals surface area contributed by atoms with Crippen molar-refractivity contribution in [1.29, 1.82) is 0 Å². The van der Waals surface area contributed by atoms with Gasteiger partial charge in [-0.15, -0.1) is 0 Å². The van der Waals surface area contributed by atoms with Crippen molar-refractivity contribution >= 4 is 12.0 Å². The third-order valence-corrected chi connectivity index (χ3v) is 3.88. The summed E-state index contributed by atoms with van der Waals surface area (Å²) < 4.78 is 5.28. The summed E-state index contributed by atoms with van der Waals surface area (Å²) in [5.74, 6) is -0.140. The van der Waals surface area contributed by atoms with Crippen molar-refractivity contribution in [2.24, 2.45) is 0 Å². The Balaban J connectivity index is 1.62. The molecular formula is C15H18N2O3. The number of ether oxygens (including phenoxy) is 1. The van der Waals surface area contributed by atoms with Gasteiger partial charge in [-0.2, -0.15) is 0 Å². The van der Waals surface area contributed by atoms with E-state index in [9.17, 15) is 9.59 Å². The lowest BCUT2D eigenvalue weighted by Crippen LogP contribution is -2.60. The highest BCUT2D eigenvalue weighted by Gasteiger charge is 2.39. The quantitative estimate of drug-likeness (QED) is 0.822. The van der Waals surface area contributed by atoms with Gasteiger partial charge in [0.1, 0.15) is 6.61 Å². The van der Waals surface area contributed by atoms with Crippen molar-refractivity contribution in [3.8, 4) is 0 Å². The first-order chi connectivity index (χ1) is 9.74. The molecule has 0 saturated carbocycles. The summed E-state index contributed by atoms with van der Waals surface area (Å²) in [6, 6.07) is 9.48. The Bertz CT molecular complexity index is 503. The largest absolute Gasteiger partial charge is 0.444 e. The highest BCUT2D eigenvalue weighted by atomic mass is 16.6. The molecule has 0 aromatic heterocycles. The number of fused-ring (bicyclic) bond motifs is 2. The molecule has 2 atom stereocenters. The van der Waals surface area contributed by atoms with Gasteiger partial charge >= 0.3 is 6.09 Å². The zero-order valence-corrected chi connectivity index (χ0v) is 11.3. The van der Waals surface area contributed by atoms with Gasteiger partial charge in [0.15, 0.2) is 0 Å². The molecule has 0 spiro atoms. The van der Waals surface area contributed by atoms with E-state index in [4.69, 9.17) is 4.74 Å². The minimum atomic E-state index is -0.509. The molecule has 0 N–H and O–H groups in total. The Hall–Kier alpha value is -1.88. The lowest BCUT2D eigenvalue weighted by Gasteiger charge is -2.42. The average molecular weight is 274 g/mol. The smallest absolute Gasteiger partial charge is 0.417 e. The average Bonchev–Trinajstić information content (AvgIpc) is 2.46. The first-order valence-corrected chi connectivity index (χ1v) is 6.99. The summed E-state index contributed by atoms with van der Waals surface area (Å²) in [4.78, 5) is 27.6. The third-order valence-electron chi connectivity index (χ3n) is 3.88. The maximum atomic E-state index is 12.1. The molecule has 2 fully saturated rings. The summed E-state index contributed by atoms with van der Waals surface area (Å²) in [7, 11) is 0. The van der Waals surface area contributed by atoms with E-state index >= 15 is 0 Å². The molecule has 2 bridgehead atoms. The van der Waals surface area contributed by atoms with Gasteiger partial charge in [-0.05, 0) is 24.9 Å². The normalized spacial score (nSPS) is 25.4. The molecule has 3 rings (SSSR count). The highest BCUT2D eigenvalue weighted by molar-refractivity contribution is 5.94. The van der Waals surface area contributed by atoms with E-state index < -0.39 is 6.09 Å². The summed E-state index contributed by atoms with van der Waals surface area (Å²) in [5.41, 5.74) is 0.926. The predicted octanol–water partition coefficient (Wildman–Crippen LogP) is 1.63. The fourth-order valence-electron chi connectivity index (χ4n) is 2.90. The van der Waals surface area contributed by atoms with Crippen LogP contribution in [0.4, 0.5) is 4.79 Å². The minimum absolute atomic E-state index is 0.0201. The van der Waals surface area contributed by atoms with Crippen molar-refractivity contribution < 1.29 is 14.3 Å². The van der Waals surface area contributed by atoms with Crippen LogP contribution in [0.25, 0.3) is 0 Å². The third kappa shape index (κ3) is 2.67. The van der Waals surface area contributed by atoms with Crippen molar-refractivity contribution in [3.05, 3.63) is 35.9 Å². The molecule has 2 aliphatic heterocycles. The van der Waals surface area contributed by atoms with Gasteiger partial charge in [0.2, 0.25) is 5.91 Å². The van der Waals surface area contributed by atoms with Gasteiger partial charge in [0, 0.05) is 6.54 Å². The van der Waals surface area contributed by atoms with Gasteiger partial charge in [0.05, 0.1) is 12.6 Å².